The number of nitrogens with zero attached hydrogens (tertiary/aromatic N) is 2. The summed E-state index contributed by atoms with van der Waals surface area (Å²) >= 11 is 0. The minimum Gasteiger partial charge on any atom is -0.454 e. The zero-order valence-corrected chi connectivity index (χ0v) is 13.6. The van der Waals surface area contributed by atoms with Crippen LogP contribution in [0.2, 0.25) is 0 Å². The molecule has 0 aromatic heterocycles. The molecule has 0 unspecified atom stereocenters. The summed E-state index contributed by atoms with van der Waals surface area (Å²) in [4.78, 5) is 22.8. The van der Waals surface area contributed by atoms with Gasteiger partial charge in [0.25, 0.3) is 11.6 Å². The predicted octanol–water partition coefficient (Wildman–Crippen LogP) is 2.79. The van der Waals surface area contributed by atoms with Crippen molar-refractivity contribution in [1.82, 2.24) is 5.43 Å². The van der Waals surface area contributed by atoms with Gasteiger partial charge in [-0.25, -0.2) is 5.43 Å². The Morgan fingerprint density at radius 2 is 1.88 bits per heavy atom. The number of hydrazone groups is 1. The molecule has 0 bridgehead atoms. The van der Waals surface area contributed by atoms with Gasteiger partial charge in [0, 0.05) is 22.8 Å². The van der Waals surface area contributed by atoms with Crippen LogP contribution in [0.25, 0.3) is 0 Å². The van der Waals surface area contributed by atoms with Gasteiger partial charge >= 0.3 is 0 Å². The standard InChI is InChI=1S/C17H15N3O5/c1-10-3-4-12(7-14(10)20(22)23)11(2)18-19-17(21)13-5-6-15-16(8-13)25-9-24-15/h3-8H,9H2,1-2H3,(H,19,21)/b18-11+. The van der Waals surface area contributed by atoms with E-state index in [1.807, 2.05) is 0 Å². The van der Waals surface area contributed by atoms with Crippen LogP contribution in [0.3, 0.4) is 0 Å². The minimum absolute atomic E-state index is 0.00847. The summed E-state index contributed by atoms with van der Waals surface area (Å²) in [5.74, 6) is 0.671. The number of nitro benzene ring substituents is 1. The van der Waals surface area contributed by atoms with Gasteiger partial charge in [-0.05, 0) is 32.0 Å². The van der Waals surface area contributed by atoms with Crippen LogP contribution in [0, 0.1) is 17.0 Å². The molecule has 128 valence electrons. The number of ether oxygens (including phenoxy) is 2. The highest BCUT2D eigenvalue weighted by Crippen LogP contribution is 2.32. The third-order valence-corrected chi connectivity index (χ3v) is 3.78. The molecular weight excluding hydrogens is 326 g/mol. The lowest BCUT2D eigenvalue weighted by Gasteiger charge is -2.05. The highest BCUT2D eigenvalue weighted by Gasteiger charge is 2.16. The number of rotatable bonds is 4. The molecule has 0 atom stereocenters. The van der Waals surface area contributed by atoms with E-state index in [-0.39, 0.29) is 12.5 Å². The zero-order valence-electron chi connectivity index (χ0n) is 13.6. The van der Waals surface area contributed by atoms with Gasteiger partial charge in [0.1, 0.15) is 0 Å². The number of carbonyl (C=O) groups excluding carboxylic acids is 1. The van der Waals surface area contributed by atoms with E-state index in [1.165, 1.54) is 6.07 Å². The number of nitro groups is 1. The molecule has 2 aromatic rings. The second-order valence-corrected chi connectivity index (χ2v) is 5.46. The molecule has 3 rings (SSSR count). The van der Waals surface area contributed by atoms with E-state index in [0.717, 1.165) is 0 Å². The van der Waals surface area contributed by atoms with Gasteiger partial charge in [0.05, 0.1) is 10.6 Å². The van der Waals surface area contributed by atoms with Gasteiger partial charge < -0.3 is 9.47 Å². The Morgan fingerprint density at radius 1 is 1.16 bits per heavy atom. The summed E-state index contributed by atoms with van der Waals surface area (Å²) < 4.78 is 10.4. The van der Waals surface area contributed by atoms with Crippen molar-refractivity contribution >= 4 is 17.3 Å². The van der Waals surface area contributed by atoms with Crippen LogP contribution in [0.5, 0.6) is 11.5 Å². The number of fused-ring (bicyclic) bond motifs is 1. The fraction of sp³-hybridized carbons (Fsp3) is 0.176. The molecule has 1 aliphatic rings. The van der Waals surface area contributed by atoms with E-state index in [4.69, 9.17) is 9.47 Å². The van der Waals surface area contributed by atoms with E-state index in [9.17, 15) is 14.9 Å². The third-order valence-electron chi connectivity index (χ3n) is 3.78. The predicted molar refractivity (Wildman–Crippen MR) is 90.1 cm³/mol. The van der Waals surface area contributed by atoms with Crippen molar-refractivity contribution in [3.05, 3.63) is 63.2 Å². The van der Waals surface area contributed by atoms with E-state index in [1.54, 1.807) is 44.2 Å². The first-order valence-corrected chi connectivity index (χ1v) is 7.45. The third kappa shape index (κ3) is 3.42. The first-order chi connectivity index (χ1) is 12.0. The molecule has 25 heavy (non-hydrogen) atoms. The van der Waals surface area contributed by atoms with E-state index >= 15 is 0 Å². The van der Waals surface area contributed by atoms with Crippen LogP contribution >= 0.6 is 0 Å². The normalized spacial score (nSPS) is 12.8. The summed E-state index contributed by atoms with van der Waals surface area (Å²) in [6, 6.07) is 9.61. The van der Waals surface area contributed by atoms with Crippen molar-refractivity contribution in [2.24, 2.45) is 5.10 Å². The Morgan fingerprint density at radius 3 is 2.64 bits per heavy atom. The van der Waals surface area contributed by atoms with Gasteiger partial charge in [0.2, 0.25) is 6.79 Å². The zero-order chi connectivity index (χ0) is 18.0. The van der Waals surface area contributed by atoms with Gasteiger partial charge in [-0.2, -0.15) is 5.10 Å². The number of amides is 1. The average Bonchev–Trinajstić information content (AvgIpc) is 3.07. The summed E-state index contributed by atoms with van der Waals surface area (Å²) in [7, 11) is 0. The van der Waals surface area contributed by atoms with Crippen molar-refractivity contribution in [1.29, 1.82) is 0 Å². The van der Waals surface area contributed by atoms with Crippen LogP contribution in [0.4, 0.5) is 5.69 Å². The quantitative estimate of drug-likeness (QED) is 0.523. The Bertz CT molecular complexity index is 892. The number of nitrogens with one attached hydrogen (secondary N) is 1. The summed E-state index contributed by atoms with van der Waals surface area (Å²) in [5.41, 5.74) is 4.39. The van der Waals surface area contributed by atoms with Crippen molar-refractivity contribution in [2.45, 2.75) is 13.8 Å². The fourth-order valence-corrected chi connectivity index (χ4v) is 2.33. The van der Waals surface area contributed by atoms with Crippen LogP contribution in [0.1, 0.15) is 28.4 Å². The Kier molecular flexibility index (Phi) is 4.34. The van der Waals surface area contributed by atoms with Gasteiger partial charge in [0.15, 0.2) is 11.5 Å². The molecule has 1 amide bonds. The Labute approximate surface area is 143 Å². The molecule has 2 aromatic carbocycles. The molecule has 1 heterocycles. The van der Waals surface area contributed by atoms with E-state index in [2.05, 4.69) is 10.5 Å². The molecule has 0 fully saturated rings. The van der Waals surface area contributed by atoms with Crippen molar-refractivity contribution in [2.75, 3.05) is 6.79 Å². The number of benzene rings is 2. The number of hydrogen-bond donors (Lipinski definition) is 1. The molecule has 0 spiro atoms. The highest BCUT2D eigenvalue weighted by atomic mass is 16.7. The van der Waals surface area contributed by atoms with Crippen molar-refractivity contribution in [3.8, 4) is 11.5 Å². The summed E-state index contributed by atoms with van der Waals surface area (Å²) in [6.45, 7) is 3.45. The van der Waals surface area contributed by atoms with Gasteiger partial charge in [-0.1, -0.05) is 12.1 Å². The molecule has 1 N–H and O–H groups in total. The van der Waals surface area contributed by atoms with Crippen LogP contribution < -0.4 is 14.9 Å². The largest absolute Gasteiger partial charge is 0.454 e. The van der Waals surface area contributed by atoms with Crippen molar-refractivity contribution in [3.63, 3.8) is 0 Å². The van der Waals surface area contributed by atoms with Crippen LogP contribution in [-0.4, -0.2) is 23.3 Å². The summed E-state index contributed by atoms with van der Waals surface area (Å²) in [6.07, 6.45) is 0. The summed E-state index contributed by atoms with van der Waals surface area (Å²) in [5, 5.41) is 15.0. The Hall–Kier alpha value is -3.42. The second kappa shape index (κ2) is 6.60. The maximum absolute atomic E-state index is 12.2. The minimum atomic E-state index is -0.447. The maximum Gasteiger partial charge on any atom is 0.272 e. The molecule has 0 saturated heterocycles. The second-order valence-electron chi connectivity index (χ2n) is 5.46. The molecule has 0 saturated carbocycles. The van der Waals surface area contributed by atoms with Gasteiger partial charge in [-0.15, -0.1) is 0 Å². The lowest BCUT2D eigenvalue weighted by Crippen LogP contribution is -2.19. The average molecular weight is 341 g/mol. The molecule has 1 aliphatic heterocycles. The smallest absolute Gasteiger partial charge is 0.272 e. The molecule has 8 nitrogen and oxygen atoms in total. The number of carbonyl (C=O) groups is 1. The number of hydrogen-bond acceptors (Lipinski definition) is 6. The topological polar surface area (TPSA) is 103 Å². The molecule has 8 heteroatoms. The lowest BCUT2D eigenvalue weighted by atomic mass is 10.1. The van der Waals surface area contributed by atoms with Gasteiger partial charge in [-0.3, -0.25) is 14.9 Å². The van der Waals surface area contributed by atoms with Crippen LogP contribution in [0.15, 0.2) is 41.5 Å². The highest BCUT2D eigenvalue weighted by molar-refractivity contribution is 6.01. The van der Waals surface area contributed by atoms with Crippen molar-refractivity contribution < 1.29 is 19.2 Å². The Balaban J connectivity index is 1.76. The first kappa shape index (κ1) is 16.4. The monoisotopic (exact) mass is 341 g/mol. The van der Waals surface area contributed by atoms with E-state index < -0.39 is 10.8 Å². The lowest BCUT2D eigenvalue weighted by molar-refractivity contribution is -0.385. The SMILES string of the molecule is C/C(=N\NC(=O)c1ccc2c(c1)OCO2)c1ccc(C)c([N+](=O)[O-])c1. The molecule has 0 aliphatic carbocycles. The number of aryl methyl sites for hydroxylation is 1. The van der Waals surface area contributed by atoms with E-state index in [0.29, 0.717) is 33.9 Å². The molecule has 0 radical (unpaired) electrons. The fourth-order valence-electron chi connectivity index (χ4n) is 2.33. The maximum atomic E-state index is 12.2. The van der Waals surface area contributed by atoms with Crippen LogP contribution in [-0.2, 0) is 0 Å². The molecular formula is C17H15N3O5. The first-order valence-electron chi connectivity index (χ1n) is 7.45.